The molecule has 38 heavy (non-hydrogen) atoms. The zero-order valence-corrected chi connectivity index (χ0v) is 20.8. The largest absolute Gasteiger partial charge is 0.416 e. The number of alkyl halides is 3. The van der Waals surface area contributed by atoms with Gasteiger partial charge in [-0.15, -0.1) is 10.2 Å². The third kappa shape index (κ3) is 4.23. The number of hydrogen-bond acceptors (Lipinski definition) is 6. The van der Waals surface area contributed by atoms with Crippen LogP contribution in [0.5, 0.6) is 0 Å². The SMILES string of the molecule is CN(C)C(=O)Nc1cc(-c2c(-c3nncn3C)cnn2C)cc(N2Cc3c(cccc3C(F)(F)F)C2=O)n1. The summed E-state index contributed by atoms with van der Waals surface area (Å²) < 4.78 is 44.3. The molecule has 4 heterocycles. The van der Waals surface area contributed by atoms with Crippen molar-refractivity contribution in [3.8, 4) is 22.6 Å². The van der Waals surface area contributed by atoms with Crippen molar-refractivity contribution in [2.45, 2.75) is 12.7 Å². The Morgan fingerprint density at radius 2 is 1.89 bits per heavy atom. The van der Waals surface area contributed by atoms with Gasteiger partial charge in [-0.2, -0.15) is 18.3 Å². The Morgan fingerprint density at radius 1 is 1.13 bits per heavy atom. The van der Waals surface area contributed by atoms with Crippen molar-refractivity contribution >= 4 is 23.6 Å². The molecule has 1 aromatic carbocycles. The Bertz CT molecular complexity index is 1570. The van der Waals surface area contributed by atoms with Crippen LogP contribution in [0.2, 0.25) is 0 Å². The standard InChI is InChI=1S/C24H22F3N9O2/c1-33(2)23(38)31-18-8-13(20-15(10-29-35(20)4)21-32-28-12-34(21)3)9-19(30-18)36-11-16-14(22(36)37)6-5-7-17(16)24(25,26)27/h5-10,12H,11H2,1-4H3,(H,30,31,38). The van der Waals surface area contributed by atoms with E-state index in [1.165, 1.54) is 23.4 Å². The smallest absolute Gasteiger partial charge is 0.331 e. The number of urea groups is 1. The molecule has 4 aromatic rings. The molecule has 3 aromatic heterocycles. The number of rotatable bonds is 4. The predicted molar refractivity (Wildman–Crippen MR) is 131 cm³/mol. The van der Waals surface area contributed by atoms with Crippen LogP contribution in [0, 0.1) is 0 Å². The number of nitrogens with zero attached hydrogens (tertiary/aromatic N) is 8. The van der Waals surface area contributed by atoms with Crippen molar-refractivity contribution in [2.75, 3.05) is 24.3 Å². The summed E-state index contributed by atoms with van der Waals surface area (Å²) in [5.74, 6) is 0.0566. The Morgan fingerprint density at radius 3 is 2.55 bits per heavy atom. The fourth-order valence-electron chi connectivity index (χ4n) is 4.33. The van der Waals surface area contributed by atoms with Crippen LogP contribution in [0.4, 0.5) is 29.6 Å². The molecular weight excluding hydrogens is 503 g/mol. The molecular formula is C24H22F3N9O2. The number of nitrogens with one attached hydrogen (secondary N) is 1. The van der Waals surface area contributed by atoms with E-state index in [0.29, 0.717) is 22.6 Å². The summed E-state index contributed by atoms with van der Waals surface area (Å²) in [6.07, 6.45) is -1.49. The molecule has 14 heteroatoms. The molecule has 1 N–H and O–H groups in total. The molecule has 1 aliphatic heterocycles. The van der Waals surface area contributed by atoms with Gasteiger partial charge in [0.2, 0.25) is 0 Å². The van der Waals surface area contributed by atoms with Crippen LogP contribution in [0.3, 0.4) is 0 Å². The van der Waals surface area contributed by atoms with Crippen molar-refractivity contribution < 1.29 is 22.8 Å². The number of anilines is 2. The topological polar surface area (TPSA) is 114 Å². The van der Waals surface area contributed by atoms with Crippen molar-refractivity contribution in [2.24, 2.45) is 14.1 Å². The average Bonchev–Trinajstić information content (AvgIpc) is 3.54. The summed E-state index contributed by atoms with van der Waals surface area (Å²) in [4.78, 5) is 32.6. The summed E-state index contributed by atoms with van der Waals surface area (Å²) in [6, 6.07) is 6.20. The van der Waals surface area contributed by atoms with Crippen molar-refractivity contribution in [1.29, 1.82) is 0 Å². The second-order valence-electron chi connectivity index (χ2n) is 8.94. The minimum Gasteiger partial charge on any atom is -0.331 e. The Balaban J connectivity index is 1.65. The van der Waals surface area contributed by atoms with E-state index in [9.17, 15) is 22.8 Å². The molecule has 3 amide bonds. The van der Waals surface area contributed by atoms with Crippen LogP contribution < -0.4 is 10.2 Å². The molecule has 0 bridgehead atoms. The van der Waals surface area contributed by atoms with E-state index < -0.39 is 23.7 Å². The molecule has 0 radical (unpaired) electrons. The van der Waals surface area contributed by atoms with Gasteiger partial charge in [0.1, 0.15) is 18.0 Å². The van der Waals surface area contributed by atoms with Gasteiger partial charge in [0.15, 0.2) is 5.82 Å². The van der Waals surface area contributed by atoms with E-state index in [0.717, 1.165) is 11.0 Å². The zero-order chi connectivity index (χ0) is 27.4. The summed E-state index contributed by atoms with van der Waals surface area (Å²) >= 11 is 0. The summed E-state index contributed by atoms with van der Waals surface area (Å²) in [5, 5.41) is 15.1. The van der Waals surface area contributed by atoms with Crippen LogP contribution in [0.1, 0.15) is 21.5 Å². The van der Waals surface area contributed by atoms with Gasteiger partial charge in [0, 0.05) is 39.3 Å². The number of halogens is 3. The minimum atomic E-state index is -4.62. The summed E-state index contributed by atoms with van der Waals surface area (Å²) in [7, 11) is 6.57. The molecule has 0 saturated heterocycles. The van der Waals surface area contributed by atoms with Gasteiger partial charge in [-0.1, -0.05) is 6.07 Å². The highest BCUT2D eigenvalue weighted by molar-refractivity contribution is 6.10. The van der Waals surface area contributed by atoms with E-state index in [-0.39, 0.29) is 29.3 Å². The maximum absolute atomic E-state index is 13.7. The maximum Gasteiger partial charge on any atom is 0.416 e. The van der Waals surface area contributed by atoms with E-state index >= 15 is 0 Å². The molecule has 0 fully saturated rings. The van der Waals surface area contributed by atoms with E-state index in [1.807, 2.05) is 0 Å². The number of amides is 3. The van der Waals surface area contributed by atoms with E-state index in [2.05, 4.69) is 25.6 Å². The zero-order valence-electron chi connectivity index (χ0n) is 20.8. The number of pyridine rings is 1. The van der Waals surface area contributed by atoms with Gasteiger partial charge < -0.3 is 9.47 Å². The Kier molecular flexibility index (Phi) is 5.88. The van der Waals surface area contributed by atoms with Gasteiger partial charge in [0.25, 0.3) is 5.91 Å². The van der Waals surface area contributed by atoms with Gasteiger partial charge >= 0.3 is 12.2 Å². The van der Waals surface area contributed by atoms with E-state index in [1.54, 1.807) is 55.8 Å². The number of benzene rings is 1. The third-order valence-corrected chi connectivity index (χ3v) is 6.17. The second-order valence-corrected chi connectivity index (χ2v) is 8.94. The Labute approximate surface area is 214 Å². The lowest BCUT2D eigenvalue weighted by molar-refractivity contribution is -0.138. The van der Waals surface area contributed by atoms with Crippen LogP contribution in [0.25, 0.3) is 22.6 Å². The molecule has 0 atom stereocenters. The minimum absolute atomic E-state index is 0.0498. The van der Waals surface area contributed by atoms with Crippen LogP contribution in [-0.2, 0) is 26.8 Å². The number of carbonyl (C=O) groups excluding carboxylic acids is 2. The number of carbonyl (C=O) groups is 2. The third-order valence-electron chi connectivity index (χ3n) is 6.17. The Hall–Kier alpha value is -4.75. The molecule has 1 aliphatic rings. The van der Waals surface area contributed by atoms with Gasteiger partial charge in [-0.05, 0) is 29.8 Å². The molecule has 0 aliphatic carbocycles. The number of aryl methyl sites for hydroxylation is 2. The predicted octanol–water partition coefficient (Wildman–Crippen LogP) is 3.55. The number of fused-ring (bicyclic) bond motifs is 1. The molecule has 196 valence electrons. The highest BCUT2D eigenvalue weighted by atomic mass is 19.4. The summed E-state index contributed by atoms with van der Waals surface area (Å²) in [5.41, 5.74) is 0.638. The van der Waals surface area contributed by atoms with Gasteiger partial charge in [-0.25, -0.2) is 9.78 Å². The first-order valence-corrected chi connectivity index (χ1v) is 11.3. The first-order valence-electron chi connectivity index (χ1n) is 11.3. The normalized spacial score (nSPS) is 13.1. The van der Waals surface area contributed by atoms with Crippen molar-refractivity contribution in [1.82, 2.24) is 34.4 Å². The molecule has 5 rings (SSSR count). The molecule has 11 nitrogen and oxygen atoms in total. The average molecular weight is 525 g/mol. The highest BCUT2D eigenvalue weighted by Crippen LogP contribution is 2.40. The number of hydrogen-bond donors (Lipinski definition) is 1. The first kappa shape index (κ1) is 24.9. The maximum atomic E-state index is 13.7. The molecule has 0 saturated carbocycles. The van der Waals surface area contributed by atoms with E-state index in [4.69, 9.17) is 0 Å². The van der Waals surface area contributed by atoms with Gasteiger partial charge in [0.05, 0.1) is 29.6 Å². The fraction of sp³-hybridized carbons (Fsp3) is 0.250. The first-order chi connectivity index (χ1) is 18.0. The van der Waals surface area contributed by atoms with Crippen LogP contribution in [-0.4, -0.2) is 60.5 Å². The lowest BCUT2D eigenvalue weighted by atomic mass is 10.0. The lowest BCUT2D eigenvalue weighted by Crippen LogP contribution is -2.29. The van der Waals surface area contributed by atoms with Crippen LogP contribution in [0.15, 0.2) is 42.9 Å². The molecule has 0 spiro atoms. The lowest BCUT2D eigenvalue weighted by Gasteiger charge is -2.19. The monoisotopic (exact) mass is 525 g/mol. The second kappa shape index (κ2) is 8.97. The van der Waals surface area contributed by atoms with Crippen molar-refractivity contribution in [3.63, 3.8) is 0 Å². The number of aromatic nitrogens is 6. The quantitative estimate of drug-likeness (QED) is 0.436. The van der Waals surface area contributed by atoms with Crippen LogP contribution >= 0.6 is 0 Å². The summed E-state index contributed by atoms with van der Waals surface area (Å²) in [6.45, 7) is -0.330. The van der Waals surface area contributed by atoms with Crippen molar-refractivity contribution in [3.05, 3.63) is 59.5 Å². The highest BCUT2D eigenvalue weighted by Gasteiger charge is 2.40. The molecule has 0 unspecified atom stereocenters. The fourth-order valence-corrected chi connectivity index (χ4v) is 4.33. The van der Waals surface area contributed by atoms with Gasteiger partial charge in [-0.3, -0.25) is 19.7 Å².